The van der Waals surface area contributed by atoms with Gasteiger partial charge in [0.1, 0.15) is 5.75 Å². The summed E-state index contributed by atoms with van der Waals surface area (Å²) >= 11 is 0. The van der Waals surface area contributed by atoms with Crippen molar-refractivity contribution >= 4 is 15.5 Å². The Morgan fingerprint density at radius 2 is 1.58 bits per heavy atom. The molecule has 0 atom stereocenters. The van der Waals surface area contributed by atoms with Crippen molar-refractivity contribution in [3.05, 3.63) is 54.1 Å². The van der Waals surface area contributed by atoms with Gasteiger partial charge in [-0.2, -0.15) is 0 Å². The number of hydrogen-bond donors (Lipinski definition) is 1. The minimum atomic E-state index is -3.35. The minimum absolute atomic E-state index is 0.0408. The molecule has 0 amide bonds. The van der Waals surface area contributed by atoms with Gasteiger partial charge in [-0.25, -0.2) is 8.42 Å². The van der Waals surface area contributed by atoms with Gasteiger partial charge in [-0.3, -0.25) is 0 Å². The Balaban J connectivity index is 2.23. The predicted octanol–water partition coefficient (Wildman–Crippen LogP) is 2.25. The van der Waals surface area contributed by atoms with Crippen LogP contribution in [0.25, 0.3) is 0 Å². The van der Waals surface area contributed by atoms with Gasteiger partial charge >= 0.3 is 0 Å². The maximum atomic E-state index is 12.2. The summed E-state index contributed by atoms with van der Waals surface area (Å²) in [5.41, 5.74) is 6.81. The van der Waals surface area contributed by atoms with Crippen molar-refractivity contribution in [1.29, 1.82) is 0 Å². The molecule has 2 N–H and O–H groups in total. The molecule has 2 rings (SSSR count). The highest BCUT2D eigenvalue weighted by molar-refractivity contribution is 7.90. The highest BCUT2D eigenvalue weighted by atomic mass is 32.2. The van der Waals surface area contributed by atoms with E-state index < -0.39 is 9.84 Å². The number of methoxy groups -OCH3 is 1. The van der Waals surface area contributed by atoms with Gasteiger partial charge in [0.05, 0.1) is 17.8 Å². The summed E-state index contributed by atoms with van der Waals surface area (Å²) in [5, 5.41) is 0. The van der Waals surface area contributed by atoms with Crippen LogP contribution in [0.15, 0.2) is 53.4 Å². The maximum Gasteiger partial charge on any atom is 0.182 e. The summed E-state index contributed by atoms with van der Waals surface area (Å²) in [4.78, 5) is 0.275. The van der Waals surface area contributed by atoms with Crippen molar-refractivity contribution in [2.75, 3.05) is 12.8 Å². The quantitative estimate of drug-likeness (QED) is 0.870. The SMILES string of the molecule is COc1ccc(CS(=O)(=O)c2ccc(N)cc2)cc1. The summed E-state index contributed by atoms with van der Waals surface area (Å²) in [5.74, 6) is 0.662. The van der Waals surface area contributed by atoms with Crippen LogP contribution in [-0.4, -0.2) is 15.5 Å². The van der Waals surface area contributed by atoms with Crippen LogP contribution in [0, 0.1) is 0 Å². The van der Waals surface area contributed by atoms with Crippen LogP contribution < -0.4 is 10.5 Å². The summed E-state index contributed by atoms with van der Waals surface area (Å²) in [6, 6.07) is 13.2. The second-order valence-corrected chi connectivity index (χ2v) is 6.17. The lowest BCUT2D eigenvalue weighted by Gasteiger charge is -2.06. The van der Waals surface area contributed by atoms with E-state index in [0.717, 1.165) is 5.56 Å². The van der Waals surface area contributed by atoms with Crippen molar-refractivity contribution in [2.24, 2.45) is 0 Å². The van der Waals surface area contributed by atoms with E-state index in [1.54, 1.807) is 43.5 Å². The number of hydrogen-bond acceptors (Lipinski definition) is 4. The summed E-state index contributed by atoms with van der Waals surface area (Å²) in [6.07, 6.45) is 0. The monoisotopic (exact) mass is 277 g/mol. The molecule has 2 aromatic rings. The van der Waals surface area contributed by atoms with E-state index in [4.69, 9.17) is 10.5 Å². The van der Waals surface area contributed by atoms with Gasteiger partial charge in [0.25, 0.3) is 0 Å². The second-order valence-electron chi connectivity index (χ2n) is 4.18. The lowest BCUT2D eigenvalue weighted by atomic mass is 10.2. The molecule has 0 fully saturated rings. The number of rotatable bonds is 4. The minimum Gasteiger partial charge on any atom is -0.497 e. The van der Waals surface area contributed by atoms with Crippen LogP contribution in [0.3, 0.4) is 0 Å². The largest absolute Gasteiger partial charge is 0.497 e. The summed E-state index contributed by atoms with van der Waals surface area (Å²) in [6.45, 7) is 0. The van der Waals surface area contributed by atoms with E-state index in [-0.39, 0.29) is 10.6 Å². The Kier molecular flexibility index (Phi) is 3.76. The van der Waals surface area contributed by atoms with Gasteiger partial charge in [0.2, 0.25) is 0 Å². The number of anilines is 1. The molecule has 0 unspecified atom stereocenters. The summed E-state index contributed by atoms with van der Waals surface area (Å²) < 4.78 is 29.4. The van der Waals surface area contributed by atoms with E-state index in [1.165, 1.54) is 12.1 Å². The van der Waals surface area contributed by atoms with Crippen LogP contribution >= 0.6 is 0 Å². The fourth-order valence-electron chi connectivity index (χ4n) is 1.70. The van der Waals surface area contributed by atoms with Crippen molar-refractivity contribution in [1.82, 2.24) is 0 Å². The third-order valence-electron chi connectivity index (χ3n) is 2.75. The average molecular weight is 277 g/mol. The molecule has 5 heteroatoms. The zero-order valence-corrected chi connectivity index (χ0v) is 11.4. The molecule has 0 aliphatic heterocycles. The average Bonchev–Trinajstić information content (AvgIpc) is 2.40. The third-order valence-corrected chi connectivity index (χ3v) is 4.46. The third kappa shape index (κ3) is 3.26. The standard InChI is InChI=1S/C14H15NO3S/c1-18-13-6-2-11(3-7-13)10-19(16,17)14-8-4-12(15)5-9-14/h2-9H,10,15H2,1H3. The van der Waals surface area contributed by atoms with Gasteiger partial charge in [-0.1, -0.05) is 12.1 Å². The molecule has 0 radical (unpaired) electrons. The van der Waals surface area contributed by atoms with Crippen LogP contribution in [0.1, 0.15) is 5.56 Å². The maximum absolute atomic E-state index is 12.2. The predicted molar refractivity (Wildman–Crippen MR) is 74.7 cm³/mol. The highest BCUT2D eigenvalue weighted by Crippen LogP contribution is 2.19. The number of benzene rings is 2. The first kappa shape index (κ1) is 13.4. The zero-order valence-electron chi connectivity index (χ0n) is 10.5. The molecular formula is C14H15NO3S. The molecule has 0 aliphatic carbocycles. The first-order valence-corrected chi connectivity index (χ1v) is 7.38. The molecular weight excluding hydrogens is 262 g/mol. The fraction of sp³-hybridized carbons (Fsp3) is 0.143. The molecule has 0 saturated heterocycles. The molecule has 0 saturated carbocycles. The van der Waals surface area contributed by atoms with Gasteiger partial charge in [-0.15, -0.1) is 0 Å². The van der Waals surface area contributed by atoms with E-state index in [9.17, 15) is 8.42 Å². The number of nitrogens with two attached hydrogens (primary N) is 1. The Hall–Kier alpha value is -2.01. The molecule has 0 heterocycles. The van der Waals surface area contributed by atoms with Gasteiger partial charge in [-0.05, 0) is 42.0 Å². The molecule has 2 aromatic carbocycles. The molecule has 0 aliphatic rings. The smallest absolute Gasteiger partial charge is 0.182 e. The van der Waals surface area contributed by atoms with Crippen LogP contribution in [0.5, 0.6) is 5.75 Å². The Labute approximate surface area is 112 Å². The molecule has 0 bridgehead atoms. The lowest BCUT2D eigenvalue weighted by molar-refractivity contribution is 0.414. The topological polar surface area (TPSA) is 69.4 Å². The van der Waals surface area contributed by atoms with Gasteiger partial charge < -0.3 is 10.5 Å². The van der Waals surface area contributed by atoms with Gasteiger partial charge in [0.15, 0.2) is 9.84 Å². The number of sulfone groups is 1. The van der Waals surface area contributed by atoms with Crippen molar-refractivity contribution in [3.8, 4) is 5.75 Å². The van der Waals surface area contributed by atoms with Crippen LogP contribution in [0.2, 0.25) is 0 Å². The van der Waals surface area contributed by atoms with Crippen molar-refractivity contribution < 1.29 is 13.2 Å². The molecule has 100 valence electrons. The Bertz CT molecular complexity index is 646. The highest BCUT2D eigenvalue weighted by Gasteiger charge is 2.15. The normalized spacial score (nSPS) is 11.2. The first-order valence-electron chi connectivity index (χ1n) is 5.72. The Morgan fingerprint density at radius 1 is 1.00 bits per heavy atom. The number of nitrogen functional groups attached to an aromatic ring is 1. The molecule has 0 spiro atoms. The van der Waals surface area contributed by atoms with E-state index in [2.05, 4.69) is 0 Å². The lowest BCUT2D eigenvalue weighted by Crippen LogP contribution is -2.05. The molecule has 19 heavy (non-hydrogen) atoms. The first-order chi connectivity index (χ1) is 9.01. The zero-order chi connectivity index (χ0) is 13.9. The molecule has 4 nitrogen and oxygen atoms in total. The van der Waals surface area contributed by atoms with E-state index in [1.807, 2.05) is 0 Å². The van der Waals surface area contributed by atoms with E-state index in [0.29, 0.717) is 11.4 Å². The number of ether oxygens (including phenoxy) is 1. The van der Waals surface area contributed by atoms with Gasteiger partial charge in [0, 0.05) is 5.69 Å². The van der Waals surface area contributed by atoms with Crippen molar-refractivity contribution in [3.63, 3.8) is 0 Å². The molecule has 0 aromatic heterocycles. The second kappa shape index (κ2) is 5.32. The van der Waals surface area contributed by atoms with Crippen molar-refractivity contribution in [2.45, 2.75) is 10.6 Å². The van der Waals surface area contributed by atoms with Crippen LogP contribution in [0.4, 0.5) is 5.69 Å². The van der Waals surface area contributed by atoms with E-state index >= 15 is 0 Å². The summed E-state index contributed by atoms with van der Waals surface area (Å²) in [7, 11) is -1.78. The fourth-order valence-corrected chi connectivity index (χ4v) is 3.05. The van der Waals surface area contributed by atoms with Crippen LogP contribution in [-0.2, 0) is 15.6 Å². The Morgan fingerprint density at radius 3 is 2.11 bits per heavy atom.